The van der Waals surface area contributed by atoms with Crippen LogP contribution < -0.4 is 20.3 Å². The molecule has 0 amide bonds. The standard InChI is InChI=1S/C36H39FN8O5S2/c1-23-19-31(42-43-33(23)41-35-39-27-8-3-4-9-29(27)51-35)45(21-25(22-46)44-14-17-49-18-15-44)36-40-32(34(47)48)30(52-36)10-6-16-50-28-12-11-24(20-26(28)37)7-5-13-38-2/h3-4,8-9,11-12,19-20,25,38,46H,6,10,13-18,21-22H2,1-2H3,(H,47,48)(H,39,41,43). The molecular formula is C36H39FN8O5S2. The lowest BCUT2D eigenvalue weighted by molar-refractivity contribution is 0.00559. The van der Waals surface area contributed by atoms with E-state index in [0.29, 0.717) is 78.0 Å². The van der Waals surface area contributed by atoms with Gasteiger partial charge in [-0.25, -0.2) is 19.2 Å². The molecule has 4 N–H and O–H groups in total. The Hall–Kier alpha value is -4.76. The minimum atomic E-state index is -1.16. The van der Waals surface area contributed by atoms with E-state index in [1.807, 2.05) is 42.2 Å². The van der Waals surface area contributed by atoms with Gasteiger partial charge in [-0.2, -0.15) is 0 Å². The fourth-order valence-corrected chi connectivity index (χ4v) is 7.58. The number of morpholine rings is 1. The van der Waals surface area contributed by atoms with Gasteiger partial charge in [-0.3, -0.25) is 9.80 Å². The van der Waals surface area contributed by atoms with Crippen molar-refractivity contribution < 1.29 is 28.9 Å². The zero-order chi connectivity index (χ0) is 36.5. The second kappa shape index (κ2) is 17.6. The summed E-state index contributed by atoms with van der Waals surface area (Å²) in [6, 6.07) is 14.0. The minimum Gasteiger partial charge on any atom is -0.491 e. The van der Waals surface area contributed by atoms with Crippen LogP contribution in [0.1, 0.15) is 32.9 Å². The molecule has 52 heavy (non-hydrogen) atoms. The number of hydrogen-bond acceptors (Lipinski definition) is 14. The lowest BCUT2D eigenvalue weighted by Crippen LogP contribution is -2.50. The topological polar surface area (TPSA) is 158 Å². The number of carboxylic acids is 1. The van der Waals surface area contributed by atoms with Crippen LogP contribution in [0.2, 0.25) is 0 Å². The number of anilines is 4. The van der Waals surface area contributed by atoms with Crippen LogP contribution in [0.15, 0.2) is 48.5 Å². The normalized spacial score (nSPS) is 13.8. The van der Waals surface area contributed by atoms with Gasteiger partial charge in [0.1, 0.15) is 0 Å². The summed E-state index contributed by atoms with van der Waals surface area (Å²) in [5.74, 6) is 5.19. The van der Waals surface area contributed by atoms with Gasteiger partial charge < -0.3 is 30.3 Å². The predicted molar refractivity (Wildman–Crippen MR) is 200 cm³/mol. The Morgan fingerprint density at radius 1 is 1.15 bits per heavy atom. The van der Waals surface area contributed by atoms with Crippen molar-refractivity contribution in [1.29, 1.82) is 0 Å². The highest BCUT2D eigenvalue weighted by atomic mass is 32.1. The first-order valence-corrected chi connectivity index (χ1v) is 18.4. The van der Waals surface area contributed by atoms with Gasteiger partial charge in [0.15, 0.2) is 39.2 Å². The average Bonchev–Trinajstić information content (AvgIpc) is 3.77. The molecule has 1 aliphatic heterocycles. The van der Waals surface area contributed by atoms with Crippen molar-refractivity contribution >= 4 is 60.8 Å². The molecule has 0 bridgehead atoms. The molecule has 2 aromatic carbocycles. The van der Waals surface area contributed by atoms with Crippen molar-refractivity contribution in [2.75, 3.05) is 69.9 Å². The first kappa shape index (κ1) is 37.0. The van der Waals surface area contributed by atoms with Crippen LogP contribution in [-0.4, -0.2) is 107 Å². The first-order chi connectivity index (χ1) is 25.3. The van der Waals surface area contributed by atoms with Crippen LogP contribution in [0.5, 0.6) is 5.75 Å². The Labute approximate surface area is 308 Å². The van der Waals surface area contributed by atoms with Crippen LogP contribution in [0.25, 0.3) is 10.2 Å². The van der Waals surface area contributed by atoms with Crippen LogP contribution in [-0.2, 0) is 11.2 Å². The Kier molecular flexibility index (Phi) is 12.6. The number of aromatic nitrogens is 4. The average molecular weight is 747 g/mol. The second-order valence-corrected chi connectivity index (χ2v) is 14.0. The number of fused-ring (bicyclic) bond motifs is 1. The van der Waals surface area contributed by atoms with Gasteiger partial charge in [0.05, 0.1) is 49.2 Å². The number of benzene rings is 2. The summed E-state index contributed by atoms with van der Waals surface area (Å²) >= 11 is 2.74. The summed E-state index contributed by atoms with van der Waals surface area (Å²) in [7, 11) is 1.78. The quantitative estimate of drug-likeness (QED) is 0.0853. The number of aliphatic hydroxyl groups is 1. The molecule has 0 radical (unpaired) electrons. The van der Waals surface area contributed by atoms with Crippen molar-refractivity contribution in [3.8, 4) is 17.6 Å². The highest BCUT2D eigenvalue weighted by Crippen LogP contribution is 2.34. The molecule has 1 atom stereocenters. The van der Waals surface area contributed by atoms with E-state index in [1.165, 1.54) is 28.7 Å². The monoisotopic (exact) mass is 746 g/mol. The van der Waals surface area contributed by atoms with Gasteiger partial charge in [-0.05, 0) is 68.8 Å². The highest BCUT2D eigenvalue weighted by molar-refractivity contribution is 7.22. The molecule has 272 valence electrons. The number of aryl methyl sites for hydroxylation is 2. The molecule has 0 aliphatic carbocycles. The summed E-state index contributed by atoms with van der Waals surface area (Å²) in [5, 5.41) is 36.9. The summed E-state index contributed by atoms with van der Waals surface area (Å²) in [6.07, 6.45) is 0.758. The molecule has 4 heterocycles. The number of aromatic carboxylic acids is 1. The number of aliphatic hydroxyl groups excluding tert-OH is 1. The molecule has 1 unspecified atom stereocenters. The molecule has 0 saturated carbocycles. The Bertz CT molecular complexity index is 2030. The van der Waals surface area contributed by atoms with Crippen molar-refractivity contribution in [3.63, 3.8) is 0 Å². The molecule has 3 aromatic heterocycles. The predicted octanol–water partition coefficient (Wildman–Crippen LogP) is 4.85. The fourth-order valence-electron chi connectivity index (χ4n) is 5.60. The van der Waals surface area contributed by atoms with Crippen molar-refractivity contribution in [1.82, 2.24) is 30.4 Å². The van der Waals surface area contributed by atoms with Gasteiger partial charge >= 0.3 is 5.97 Å². The highest BCUT2D eigenvalue weighted by Gasteiger charge is 2.28. The van der Waals surface area contributed by atoms with E-state index in [4.69, 9.17) is 9.47 Å². The number of carboxylic acid groups (broad SMARTS) is 1. The zero-order valence-corrected chi connectivity index (χ0v) is 30.4. The Morgan fingerprint density at radius 3 is 2.71 bits per heavy atom. The van der Waals surface area contributed by atoms with E-state index in [2.05, 4.69) is 47.5 Å². The summed E-state index contributed by atoms with van der Waals surface area (Å²) < 4.78 is 26.9. The minimum absolute atomic E-state index is 0.0774. The van der Waals surface area contributed by atoms with Crippen molar-refractivity contribution in [2.45, 2.75) is 25.8 Å². The van der Waals surface area contributed by atoms with E-state index in [0.717, 1.165) is 15.8 Å². The van der Waals surface area contributed by atoms with Gasteiger partial charge in [-0.1, -0.05) is 35.3 Å². The van der Waals surface area contributed by atoms with E-state index >= 15 is 0 Å². The number of carbonyl (C=O) groups is 1. The molecule has 1 aliphatic rings. The van der Waals surface area contributed by atoms with E-state index < -0.39 is 11.8 Å². The number of para-hydroxylation sites is 1. The first-order valence-electron chi connectivity index (χ1n) is 16.8. The van der Waals surface area contributed by atoms with Gasteiger partial charge in [0.2, 0.25) is 0 Å². The summed E-state index contributed by atoms with van der Waals surface area (Å²) in [5.41, 5.74) is 2.14. The smallest absolute Gasteiger partial charge is 0.355 e. The zero-order valence-electron chi connectivity index (χ0n) is 28.8. The lowest BCUT2D eigenvalue weighted by atomic mass is 10.2. The van der Waals surface area contributed by atoms with E-state index in [1.54, 1.807) is 19.2 Å². The number of rotatable bonds is 15. The number of nitrogens with one attached hydrogen (secondary N) is 2. The number of ether oxygens (including phenoxy) is 2. The van der Waals surface area contributed by atoms with E-state index in [-0.39, 0.29) is 37.2 Å². The maximum atomic E-state index is 14.7. The third-order valence-corrected chi connectivity index (χ3v) is 10.4. The number of halogens is 1. The lowest BCUT2D eigenvalue weighted by Gasteiger charge is -2.36. The number of nitrogens with zero attached hydrogens (tertiary/aromatic N) is 6. The maximum Gasteiger partial charge on any atom is 0.355 e. The second-order valence-electron chi connectivity index (χ2n) is 11.9. The van der Waals surface area contributed by atoms with Gasteiger partial charge in [-0.15, -0.1) is 21.5 Å². The largest absolute Gasteiger partial charge is 0.491 e. The SMILES string of the molecule is CNCC#Cc1ccc(OCCCc2sc(N(CC(CO)N3CCOCC3)c3cc(C)c(Nc4nc5ccccc5s4)nn3)nc2C(=O)O)c(F)c1. The van der Waals surface area contributed by atoms with Crippen LogP contribution in [0, 0.1) is 24.6 Å². The molecule has 1 fully saturated rings. The molecular weight excluding hydrogens is 708 g/mol. The van der Waals surface area contributed by atoms with Gasteiger partial charge in [0.25, 0.3) is 0 Å². The molecule has 1 saturated heterocycles. The molecule has 0 spiro atoms. The number of thiazole rings is 2. The molecule has 5 aromatic rings. The molecule has 16 heteroatoms. The van der Waals surface area contributed by atoms with Gasteiger partial charge in [0, 0.05) is 30.1 Å². The van der Waals surface area contributed by atoms with Crippen LogP contribution in [0.4, 0.5) is 26.3 Å². The van der Waals surface area contributed by atoms with Crippen LogP contribution in [0.3, 0.4) is 0 Å². The molecule has 6 rings (SSSR count). The fraction of sp³-hybridized carbons (Fsp3) is 0.361. The summed E-state index contributed by atoms with van der Waals surface area (Å²) in [6.45, 7) is 5.08. The third-order valence-electron chi connectivity index (χ3n) is 8.29. The maximum absolute atomic E-state index is 14.7. The van der Waals surface area contributed by atoms with Crippen molar-refractivity contribution in [2.24, 2.45) is 0 Å². The number of hydrogen-bond donors (Lipinski definition) is 4. The van der Waals surface area contributed by atoms with Crippen molar-refractivity contribution in [3.05, 3.63) is 76.0 Å². The Balaban J connectivity index is 1.21. The third kappa shape index (κ3) is 9.17. The van der Waals surface area contributed by atoms with Crippen LogP contribution >= 0.6 is 22.7 Å². The van der Waals surface area contributed by atoms with E-state index in [9.17, 15) is 19.4 Å². The Morgan fingerprint density at radius 2 is 1.98 bits per heavy atom. The summed E-state index contributed by atoms with van der Waals surface area (Å²) in [4.78, 5) is 26.1. The molecule has 13 nitrogen and oxygen atoms in total.